The van der Waals surface area contributed by atoms with Crippen LogP contribution in [-0.2, 0) is 10.8 Å². The highest BCUT2D eigenvalue weighted by molar-refractivity contribution is 5.64. The maximum absolute atomic E-state index is 11.0. The second kappa shape index (κ2) is 3.70. The molecule has 0 radical (unpaired) electrons. The first-order valence-electron chi connectivity index (χ1n) is 6.24. The zero-order valence-corrected chi connectivity index (χ0v) is 11.4. The fourth-order valence-electron chi connectivity index (χ4n) is 2.78. The van der Waals surface area contributed by atoms with E-state index < -0.39 is 4.92 Å². The highest BCUT2D eigenvalue weighted by atomic mass is 16.6. The topological polar surface area (TPSA) is 69.2 Å². The van der Waals surface area contributed by atoms with Gasteiger partial charge in [0.05, 0.1) is 4.92 Å². The molecule has 1 aromatic carbocycles. The minimum Gasteiger partial charge on any atom is -0.393 e. The Hall–Kier alpha value is -1.58. The van der Waals surface area contributed by atoms with Crippen molar-refractivity contribution in [2.75, 3.05) is 5.73 Å². The van der Waals surface area contributed by atoms with Gasteiger partial charge in [0.25, 0.3) is 5.69 Å². The summed E-state index contributed by atoms with van der Waals surface area (Å²) >= 11 is 0. The highest BCUT2D eigenvalue weighted by Crippen LogP contribution is 2.47. The molecular weight excluding hydrogens is 228 g/mol. The van der Waals surface area contributed by atoms with Crippen molar-refractivity contribution < 1.29 is 4.92 Å². The molecule has 4 heteroatoms. The van der Waals surface area contributed by atoms with Crippen molar-refractivity contribution in [2.24, 2.45) is 0 Å². The summed E-state index contributed by atoms with van der Waals surface area (Å²) in [4.78, 5) is 10.6. The first-order chi connectivity index (χ1) is 8.15. The molecule has 0 unspecified atom stereocenters. The van der Waals surface area contributed by atoms with Crippen molar-refractivity contribution in [1.29, 1.82) is 0 Å². The van der Waals surface area contributed by atoms with Gasteiger partial charge in [-0.2, -0.15) is 0 Å². The van der Waals surface area contributed by atoms with Crippen LogP contribution in [0.2, 0.25) is 0 Å². The highest BCUT2D eigenvalue weighted by Gasteiger charge is 2.38. The Balaban J connectivity index is 2.73. The van der Waals surface area contributed by atoms with Gasteiger partial charge in [0, 0.05) is 6.07 Å². The van der Waals surface area contributed by atoms with Crippen molar-refractivity contribution in [3.05, 3.63) is 33.4 Å². The van der Waals surface area contributed by atoms with E-state index in [1.807, 2.05) is 0 Å². The van der Waals surface area contributed by atoms with E-state index in [-0.39, 0.29) is 22.2 Å². The van der Waals surface area contributed by atoms with Gasteiger partial charge in [0.1, 0.15) is 5.69 Å². The first-order valence-corrected chi connectivity index (χ1v) is 6.24. The number of nitrogens with zero attached hydrogens (tertiary/aromatic N) is 1. The molecule has 1 aliphatic rings. The SMILES string of the molecule is CC1(C)CCC(C)(C)c2cc([N+](=O)[O-])c(N)cc21. The lowest BCUT2D eigenvalue weighted by molar-refractivity contribution is -0.384. The molecule has 0 aliphatic heterocycles. The number of nitro benzene ring substituents is 1. The second-order valence-corrected chi connectivity index (χ2v) is 6.48. The van der Waals surface area contributed by atoms with Gasteiger partial charge in [0.2, 0.25) is 0 Å². The fraction of sp³-hybridized carbons (Fsp3) is 0.571. The van der Waals surface area contributed by atoms with Gasteiger partial charge < -0.3 is 5.73 Å². The average Bonchev–Trinajstić information content (AvgIpc) is 2.24. The monoisotopic (exact) mass is 248 g/mol. The number of nitrogens with two attached hydrogens (primary N) is 1. The van der Waals surface area contributed by atoms with E-state index >= 15 is 0 Å². The molecule has 1 aromatic rings. The third kappa shape index (κ3) is 1.85. The molecule has 0 aromatic heterocycles. The lowest BCUT2D eigenvalue weighted by Crippen LogP contribution is -2.34. The largest absolute Gasteiger partial charge is 0.393 e. The van der Waals surface area contributed by atoms with E-state index in [1.165, 1.54) is 0 Å². The van der Waals surface area contributed by atoms with Crippen molar-refractivity contribution >= 4 is 11.4 Å². The molecule has 0 spiro atoms. The zero-order valence-electron chi connectivity index (χ0n) is 11.4. The predicted molar refractivity (Wildman–Crippen MR) is 72.8 cm³/mol. The van der Waals surface area contributed by atoms with Gasteiger partial charge in [-0.25, -0.2) is 0 Å². The van der Waals surface area contributed by atoms with Crippen LogP contribution >= 0.6 is 0 Å². The molecule has 2 rings (SSSR count). The van der Waals surface area contributed by atoms with Crippen LogP contribution in [0.25, 0.3) is 0 Å². The van der Waals surface area contributed by atoms with E-state index in [1.54, 1.807) is 12.1 Å². The predicted octanol–water partition coefficient (Wildman–Crippen LogP) is 3.53. The number of hydrogen-bond acceptors (Lipinski definition) is 3. The molecule has 4 nitrogen and oxygen atoms in total. The molecule has 98 valence electrons. The molecule has 0 fully saturated rings. The molecule has 2 N–H and O–H groups in total. The number of nitrogen functional groups attached to an aromatic ring is 1. The van der Waals surface area contributed by atoms with Crippen LogP contribution in [0.4, 0.5) is 11.4 Å². The summed E-state index contributed by atoms with van der Waals surface area (Å²) in [6.45, 7) is 8.63. The van der Waals surface area contributed by atoms with E-state index in [0.717, 1.165) is 24.0 Å². The van der Waals surface area contributed by atoms with Gasteiger partial charge in [-0.3, -0.25) is 10.1 Å². The Morgan fingerprint density at radius 2 is 1.56 bits per heavy atom. The summed E-state index contributed by atoms with van der Waals surface area (Å²) in [5.41, 5.74) is 8.34. The Bertz CT molecular complexity index is 519. The van der Waals surface area contributed by atoms with Crippen LogP contribution in [-0.4, -0.2) is 4.92 Å². The van der Waals surface area contributed by atoms with E-state index in [2.05, 4.69) is 27.7 Å². The van der Waals surface area contributed by atoms with Crippen LogP contribution in [0.3, 0.4) is 0 Å². The maximum atomic E-state index is 11.0. The third-order valence-electron chi connectivity index (χ3n) is 4.20. The standard InChI is InChI=1S/C14H20N2O2/c1-13(2)5-6-14(3,4)10-8-12(16(17)18)11(15)7-9(10)13/h7-8H,5-6,15H2,1-4H3. The van der Waals surface area contributed by atoms with Crippen LogP contribution in [0, 0.1) is 10.1 Å². The van der Waals surface area contributed by atoms with Gasteiger partial charge in [-0.05, 0) is 40.9 Å². The molecule has 0 bridgehead atoms. The maximum Gasteiger partial charge on any atom is 0.292 e. The lowest BCUT2D eigenvalue weighted by atomic mass is 9.63. The van der Waals surface area contributed by atoms with Gasteiger partial charge in [-0.1, -0.05) is 27.7 Å². The van der Waals surface area contributed by atoms with Crippen LogP contribution in [0.15, 0.2) is 12.1 Å². The minimum absolute atomic E-state index is 0.0245. The van der Waals surface area contributed by atoms with Crippen LogP contribution < -0.4 is 5.73 Å². The molecule has 0 heterocycles. The summed E-state index contributed by atoms with van der Waals surface area (Å²) in [6, 6.07) is 3.47. The average molecular weight is 248 g/mol. The molecule has 0 atom stereocenters. The molecule has 18 heavy (non-hydrogen) atoms. The Labute approximate surface area is 107 Å². The number of fused-ring (bicyclic) bond motifs is 1. The van der Waals surface area contributed by atoms with Crippen molar-refractivity contribution in [1.82, 2.24) is 0 Å². The molecule has 0 amide bonds. The first kappa shape index (κ1) is 12.9. The summed E-state index contributed by atoms with van der Waals surface area (Å²) in [7, 11) is 0. The Morgan fingerprint density at radius 3 is 2.00 bits per heavy atom. The number of nitro groups is 1. The normalized spacial score (nSPS) is 20.2. The van der Waals surface area contributed by atoms with E-state index in [0.29, 0.717) is 0 Å². The van der Waals surface area contributed by atoms with Crippen molar-refractivity contribution in [3.63, 3.8) is 0 Å². The zero-order chi connectivity index (χ0) is 13.7. The number of anilines is 1. The lowest BCUT2D eigenvalue weighted by Gasteiger charge is -2.41. The third-order valence-corrected chi connectivity index (χ3v) is 4.20. The Kier molecular flexibility index (Phi) is 2.65. The van der Waals surface area contributed by atoms with E-state index in [9.17, 15) is 10.1 Å². The van der Waals surface area contributed by atoms with Gasteiger partial charge in [0.15, 0.2) is 0 Å². The summed E-state index contributed by atoms with van der Waals surface area (Å²) in [5.74, 6) is 0. The summed E-state index contributed by atoms with van der Waals surface area (Å²) in [6.07, 6.45) is 2.11. The molecule has 0 saturated carbocycles. The summed E-state index contributed by atoms with van der Waals surface area (Å²) < 4.78 is 0. The molecule has 1 aliphatic carbocycles. The van der Waals surface area contributed by atoms with Gasteiger partial charge in [-0.15, -0.1) is 0 Å². The Morgan fingerprint density at radius 1 is 1.11 bits per heavy atom. The number of benzene rings is 1. The molecule has 0 saturated heterocycles. The fourth-order valence-corrected chi connectivity index (χ4v) is 2.78. The smallest absolute Gasteiger partial charge is 0.292 e. The van der Waals surface area contributed by atoms with Crippen LogP contribution in [0.1, 0.15) is 51.7 Å². The number of rotatable bonds is 1. The van der Waals surface area contributed by atoms with Crippen molar-refractivity contribution in [3.8, 4) is 0 Å². The quantitative estimate of drug-likeness (QED) is 0.469. The minimum atomic E-state index is -0.396. The van der Waals surface area contributed by atoms with Gasteiger partial charge >= 0.3 is 0 Å². The molecular formula is C14H20N2O2. The summed E-state index contributed by atoms with van der Waals surface area (Å²) in [5, 5.41) is 11.0. The van der Waals surface area contributed by atoms with E-state index in [4.69, 9.17) is 5.73 Å². The second-order valence-electron chi connectivity index (χ2n) is 6.48. The van der Waals surface area contributed by atoms with Crippen LogP contribution in [0.5, 0.6) is 0 Å². The van der Waals surface area contributed by atoms with Crippen molar-refractivity contribution in [2.45, 2.75) is 51.4 Å². The number of hydrogen-bond donors (Lipinski definition) is 1.